The number of nitriles is 1. The van der Waals surface area contributed by atoms with Gasteiger partial charge in [-0.15, -0.1) is 0 Å². The van der Waals surface area contributed by atoms with E-state index in [-0.39, 0.29) is 42.6 Å². The number of fused-ring (bicyclic) bond motifs is 2. The molecule has 0 spiro atoms. The zero-order chi connectivity index (χ0) is 37.9. The van der Waals surface area contributed by atoms with Crippen LogP contribution in [0.5, 0.6) is 0 Å². The average Bonchev–Trinajstić information content (AvgIpc) is 3.73. The van der Waals surface area contributed by atoms with E-state index in [1.165, 1.54) is 0 Å². The van der Waals surface area contributed by atoms with E-state index < -0.39 is 11.9 Å². The van der Waals surface area contributed by atoms with Gasteiger partial charge in [0.25, 0.3) is 11.8 Å². The van der Waals surface area contributed by atoms with Crippen molar-refractivity contribution in [2.75, 3.05) is 36.9 Å². The number of imide groups is 1. The number of nitrogens with one attached hydrogen (secondary N) is 4. The van der Waals surface area contributed by atoms with Gasteiger partial charge in [-0.2, -0.15) is 5.26 Å². The smallest absolute Gasteiger partial charge is 0.255 e. The number of nitrogens with zero attached hydrogens (tertiary/aromatic N) is 4. The molecule has 3 aromatic rings. The third-order valence-electron chi connectivity index (χ3n) is 11.0. The zero-order valence-corrected chi connectivity index (χ0v) is 30.9. The van der Waals surface area contributed by atoms with Gasteiger partial charge in [0.15, 0.2) is 0 Å². The van der Waals surface area contributed by atoms with E-state index in [0.29, 0.717) is 66.9 Å². The predicted molar refractivity (Wildman–Crippen MR) is 203 cm³/mol. The maximum Gasteiger partial charge on any atom is 0.255 e. The number of halogens is 1. The molecule has 5 amide bonds. The number of anilines is 2. The molecule has 0 bridgehead atoms. The molecule has 1 saturated carbocycles. The lowest BCUT2D eigenvalue weighted by Gasteiger charge is -2.36. The fourth-order valence-corrected chi connectivity index (χ4v) is 8.11. The van der Waals surface area contributed by atoms with Crippen LogP contribution < -0.4 is 26.2 Å². The Hall–Kier alpha value is -5.45. The second-order valence-corrected chi connectivity index (χ2v) is 14.9. The van der Waals surface area contributed by atoms with E-state index in [1.54, 1.807) is 15.9 Å². The maximum atomic E-state index is 13.2. The summed E-state index contributed by atoms with van der Waals surface area (Å²) in [5.41, 5.74) is 6.25. The Bertz CT molecular complexity index is 2020. The van der Waals surface area contributed by atoms with Crippen molar-refractivity contribution in [3.8, 4) is 6.07 Å². The second-order valence-electron chi connectivity index (χ2n) is 14.5. The Labute approximate surface area is 319 Å². The predicted octanol–water partition coefficient (Wildman–Crippen LogP) is 3.69. The minimum absolute atomic E-state index is 0.0325. The first kappa shape index (κ1) is 36.9. The monoisotopic (exact) mass is 750 g/mol. The lowest BCUT2D eigenvalue weighted by molar-refractivity contribution is -0.137. The quantitative estimate of drug-likeness (QED) is 0.169. The fraction of sp³-hybridized carbons (Fsp3) is 0.400. The number of piperidine rings is 1. The molecule has 1 unspecified atom stereocenters. The second kappa shape index (κ2) is 15.9. The molecule has 3 aromatic carbocycles. The van der Waals surface area contributed by atoms with Crippen molar-refractivity contribution < 1.29 is 24.0 Å². The number of carbonyl (C=O) groups excluding carboxylic acids is 5. The molecule has 1 atom stereocenters. The number of hydrogen-bond acceptors (Lipinski definition) is 9. The summed E-state index contributed by atoms with van der Waals surface area (Å²) in [6.07, 6.45) is 4.16. The molecule has 54 heavy (non-hydrogen) atoms. The molecule has 0 aromatic heterocycles. The Kier molecular flexibility index (Phi) is 10.8. The minimum atomic E-state index is -0.651. The molecular weight excluding hydrogens is 708 g/mol. The standard InChI is InChI=1S/C40H43ClN8O5/c1-47(32-9-4-25(19-42)34(41)18-32)31-10-7-30(8-11-31)45-38(52)24-2-5-29(6-3-24)44-15-14-43-20-37(51)48-21-26-16-28-23-49(35-12-13-36(50)46-39(35)53)40(54)33(28)17-27(26)22-48/h2-6,9,16-18,30-31,35,43-44H,7-8,10-15,20-23H2,1H3,(H,45,52)(H,46,50,53)/t30-,31-,35?. The first-order valence-corrected chi connectivity index (χ1v) is 18.8. The summed E-state index contributed by atoms with van der Waals surface area (Å²) in [5.74, 6) is -1.08. The van der Waals surface area contributed by atoms with Crippen molar-refractivity contribution in [3.63, 3.8) is 0 Å². The van der Waals surface area contributed by atoms with Crippen LogP contribution in [0, 0.1) is 11.3 Å². The highest BCUT2D eigenvalue weighted by Gasteiger charge is 2.40. The van der Waals surface area contributed by atoms with Crippen LogP contribution in [0.3, 0.4) is 0 Å². The van der Waals surface area contributed by atoms with Crippen molar-refractivity contribution in [2.24, 2.45) is 0 Å². The number of benzene rings is 3. The van der Waals surface area contributed by atoms with Crippen LogP contribution in [0.1, 0.15) is 81.5 Å². The summed E-state index contributed by atoms with van der Waals surface area (Å²) in [5, 5.41) is 21.6. The maximum absolute atomic E-state index is 13.2. The lowest BCUT2D eigenvalue weighted by atomic mass is 9.90. The number of rotatable bonds is 11. The first-order chi connectivity index (χ1) is 26.1. The molecule has 0 radical (unpaired) electrons. The van der Waals surface area contributed by atoms with Crippen LogP contribution in [-0.4, -0.2) is 84.1 Å². The van der Waals surface area contributed by atoms with Crippen LogP contribution in [0.4, 0.5) is 11.4 Å². The van der Waals surface area contributed by atoms with Gasteiger partial charge >= 0.3 is 0 Å². The van der Waals surface area contributed by atoms with Gasteiger partial charge in [0, 0.05) is 80.8 Å². The molecule has 1 aliphatic carbocycles. The highest BCUT2D eigenvalue weighted by Crippen LogP contribution is 2.34. The molecule has 14 heteroatoms. The van der Waals surface area contributed by atoms with Crippen molar-refractivity contribution >= 4 is 52.5 Å². The first-order valence-electron chi connectivity index (χ1n) is 18.4. The fourth-order valence-electron chi connectivity index (χ4n) is 7.89. The largest absolute Gasteiger partial charge is 0.384 e. The molecular formula is C40H43ClN8O5. The van der Waals surface area contributed by atoms with Gasteiger partial charge in [-0.3, -0.25) is 29.3 Å². The zero-order valence-electron chi connectivity index (χ0n) is 30.1. The highest BCUT2D eigenvalue weighted by atomic mass is 35.5. The van der Waals surface area contributed by atoms with E-state index in [4.69, 9.17) is 16.9 Å². The van der Waals surface area contributed by atoms with Crippen LogP contribution in [0.2, 0.25) is 5.02 Å². The van der Waals surface area contributed by atoms with E-state index in [1.807, 2.05) is 55.6 Å². The number of carbonyl (C=O) groups is 5. The van der Waals surface area contributed by atoms with Crippen molar-refractivity contribution in [1.82, 2.24) is 25.8 Å². The lowest BCUT2D eigenvalue weighted by Crippen LogP contribution is -2.52. The third kappa shape index (κ3) is 7.90. The molecule has 280 valence electrons. The van der Waals surface area contributed by atoms with Crippen molar-refractivity contribution in [2.45, 2.75) is 76.3 Å². The van der Waals surface area contributed by atoms with Crippen LogP contribution in [-0.2, 0) is 34.0 Å². The van der Waals surface area contributed by atoms with E-state index >= 15 is 0 Å². The third-order valence-corrected chi connectivity index (χ3v) is 11.3. The summed E-state index contributed by atoms with van der Waals surface area (Å²) >= 11 is 6.24. The molecule has 3 heterocycles. The van der Waals surface area contributed by atoms with Gasteiger partial charge in [0.1, 0.15) is 12.1 Å². The molecule has 1 saturated heterocycles. The summed E-state index contributed by atoms with van der Waals surface area (Å²) in [6.45, 7) is 2.52. The Morgan fingerprint density at radius 1 is 0.926 bits per heavy atom. The molecule has 2 fully saturated rings. The van der Waals surface area contributed by atoms with E-state index in [0.717, 1.165) is 53.7 Å². The SMILES string of the molecule is CN(c1ccc(C#N)c(Cl)c1)[C@H]1CC[C@H](NC(=O)c2ccc(NCCNCC(=O)N3Cc4cc5c(cc4C3)C(=O)N(C3CCC(=O)NC3=O)C5)cc2)CC1. The number of hydrogen-bond donors (Lipinski definition) is 4. The number of amides is 5. The van der Waals surface area contributed by atoms with Gasteiger partial charge in [-0.1, -0.05) is 17.7 Å². The van der Waals surface area contributed by atoms with Gasteiger partial charge < -0.3 is 30.7 Å². The Balaban J connectivity index is 0.796. The Morgan fingerprint density at radius 2 is 1.67 bits per heavy atom. The van der Waals surface area contributed by atoms with Crippen molar-refractivity contribution in [3.05, 3.63) is 93.0 Å². The summed E-state index contributed by atoms with van der Waals surface area (Å²) in [4.78, 5) is 68.6. The van der Waals surface area contributed by atoms with Crippen molar-refractivity contribution in [1.29, 1.82) is 5.26 Å². The van der Waals surface area contributed by atoms with Crippen LogP contribution in [0.15, 0.2) is 54.6 Å². The summed E-state index contributed by atoms with van der Waals surface area (Å²) < 4.78 is 0. The van der Waals surface area contributed by atoms with Gasteiger partial charge in [0.2, 0.25) is 17.7 Å². The van der Waals surface area contributed by atoms with Gasteiger partial charge in [-0.25, -0.2) is 0 Å². The topological polar surface area (TPSA) is 167 Å². The van der Waals surface area contributed by atoms with Gasteiger partial charge in [-0.05, 0) is 97.3 Å². The molecule has 7 rings (SSSR count). The van der Waals surface area contributed by atoms with Crippen LogP contribution >= 0.6 is 11.6 Å². The summed E-state index contributed by atoms with van der Waals surface area (Å²) in [6, 6.07) is 18.6. The summed E-state index contributed by atoms with van der Waals surface area (Å²) in [7, 11) is 2.04. The highest BCUT2D eigenvalue weighted by molar-refractivity contribution is 6.32. The molecule has 4 N–H and O–H groups in total. The molecule has 3 aliphatic heterocycles. The Morgan fingerprint density at radius 3 is 2.37 bits per heavy atom. The van der Waals surface area contributed by atoms with Crippen LogP contribution in [0.25, 0.3) is 0 Å². The van der Waals surface area contributed by atoms with Gasteiger partial charge in [0.05, 0.1) is 17.1 Å². The average molecular weight is 751 g/mol. The molecule has 4 aliphatic rings. The minimum Gasteiger partial charge on any atom is -0.384 e. The van der Waals surface area contributed by atoms with E-state index in [2.05, 4.69) is 32.2 Å². The van der Waals surface area contributed by atoms with E-state index in [9.17, 15) is 24.0 Å². The normalized spacial score (nSPS) is 20.5. The molecule has 13 nitrogen and oxygen atoms in total.